The number of benzene rings is 1. The zero-order chi connectivity index (χ0) is 16.7. The van der Waals surface area contributed by atoms with E-state index in [0.29, 0.717) is 29.8 Å². The Hall–Kier alpha value is -2.89. The summed E-state index contributed by atoms with van der Waals surface area (Å²) in [5, 5.41) is 0. The quantitative estimate of drug-likeness (QED) is 0.805. The monoisotopic (exact) mass is 322 g/mol. The highest BCUT2D eigenvalue weighted by atomic mass is 16.5. The number of nitrogens with zero attached hydrogens (tertiary/aromatic N) is 3. The molecule has 0 fully saturated rings. The van der Waals surface area contributed by atoms with Crippen molar-refractivity contribution in [1.82, 2.24) is 19.9 Å². The Morgan fingerprint density at radius 2 is 2.21 bits per heavy atom. The summed E-state index contributed by atoms with van der Waals surface area (Å²) in [7, 11) is 1.66. The first kappa shape index (κ1) is 14.7. The maximum Gasteiger partial charge on any atom is 0.256 e. The summed E-state index contributed by atoms with van der Waals surface area (Å²) in [4.78, 5) is 26.7. The maximum atomic E-state index is 13.0. The molecule has 1 amide bonds. The summed E-state index contributed by atoms with van der Waals surface area (Å²) in [5.41, 5.74) is 4.12. The van der Waals surface area contributed by atoms with E-state index in [-0.39, 0.29) is 5.91 Å². The topological polar surface area (TPSA) is 71.1 Å². The minimum Gasteiger partial charge on any atom is -0.496 e. The molecule has 0 unspecified atom stereocenters. The van der Waals surface area contributed by atoms with Gasteiger partial charge < -0.3 is 14.6 Å². The highest BCUT2D eigenvalue weighted by Crippen LogP contribution is 2.32. The number of hydrogen-bond donors (Lipinski definition) is 1. The first-order chi connectivity index (χ1) is 11.7. The fourth-order valence-electron chi connectivity index (χ4n) is 3.20. The Morgan fingerprint density at radius 1 is 1.33 bits per heavy atom. The zero-order valence-electron chi connectivity index (χ0n) is 13.7. The van der Waals surface area contributed by atoms with Gasteiger partial charge in [-0.1, -0.05) is 19.1 Å². The number of aromatic nitrogens is 3. The molecule has 2 aromatic heterocycles. The zero-order valence-corrected chi connectivity index (χ0v) is 13.7. The normalized spacial score (nSPS) is 13.3. The molecule has 4 rings (SSSR count). The second-order valence-electron chi connectivity index (χ2n) is 5.85. The summed E-state index contributed by atoms with van der Waals surface area (Å²) in [6.07, 6.45) is 2.41. The van der Waals surface area contributed by atoms with E-state index in [1.54, 1.807) is 19.4 Å². The fraction of sp³-hybridized carbons (Fsp3) is 0.278. The average molecular weight is 322 g/mol. The van der Waals surface area contributed by atoms with Gasteiger partial charge in [-0.25, -0.2) is 9.97 Å². The predicted molar refractivity (Wildman–Crippen MR) is 89.8 cm³/mol. The van der Waals surface area contributed by atoms with Crippen LogP contribution in [0.3, 0.4) is 0 Å². The Kier molecular flexibility index (Phi) is 3.45. The summed E-state index contributed by atoms with van der Waals surface area (Å²) >= 11 is 0. The maximum absolute atomic E-state index is 13.0. The van der Waals surface area contributed by atoms with E-state index in [1.807, 2.05) is 30.0 Å². The summed E-state index contributed by atoms with van der Waals surface area (Å²) < 4.78 is 5.41. The van der Waals surface area contributed by atoms with Crippen molar-refractivity contribution in [2.75, 3.05) is 7.11 Å². The number of H-pyrrole nitrogens is 1. The Labute approximate surface area is 139 Å². The highest BCUT2D eigenvalue weighted by Gasteiger charge is 2.28. The Morgan fingerprint density at radius 3 is 3.00 bits per heavy atom. The van der Waals surface area contributed by atoms with Crippen molar-refractivity contribution in [3.05, 3.63) is 53.0 Å². The molecule has 0 saturated carbocycles. The van der Waals surface area contributed by atoms with Crippen molar-refractivity contribution < 1.29 is 9.53 Å². The van der Waals surface area contributed by atoms with Gasteiger partial charge >= 0.3 is 0 Å². The molecule has 122 valence electrons. The van der Waals surface area contributed by atoms with Crippen LogP contribution in [0.1, 0.15) is 34.2 Å². The van der Waals surface area contributed by atoms with Gasteiger partial charge in [0, 0.05) is 24.7 Å². The molecule has 24 heavy (non-hydrogen) atoms. The van der Waals surface area contributed by atoms with Gasteiger partial charge in [0.2, 0.25) is 0 Å². The fourth-order valence-corrected chi connectivity index (χ4v) is 3.20. The third-order valence-corrected chi connectivity index (χ3v) is 4.45. The number of imidazole rings is 1. The first-order valence-electron chi connectivity index (χ1n) is 7.99. The number of nitrogens with one attached hydrogen (secondary N) is 1. The molecule has 1 aliphatic rings. The molecule has 0 radical (unpaired) electrons. The van der Waals surface area contributed by atoms with Gasteiger partial charge in [-0.3, -0.25) is 4.79 Å². The van der Waals surface area contributed by atoms with E-state index in [0.717, 1.165) is 29.1 Å². The van der Waals surface area contributed by atoms with Gasteiger partial charge in [0.1, 0.15) is 11.6 Å². The number of ether oxygens (including phenoxy) is 1. The number of carbonyl (C=O) groups is 1. The molecule has 3 aromatic rings. The lowest BCUT2D eigenvalue weighted by Crippen LogP contribution is -2.25. The molecule has 0 bridgehead atoms. The lowest BCUT2D eigenvalue weighted by molar-refractivity contribution is 0.0752. The van der Waals surface area contributed by atoms with Gasteiger partial charge in [0.05, 0.1) is 24.7 Å². The summed E-state index contributed by atoms with van der Waals surface area (Å²) in [6.45, 7) is 3.16. The number of fused-ring (bicyclic) bond motifs is 2. The van der Waals surface area contributed by atoms with Crippen LogP contribution < -0.4 is 4.74 Å². The Balaban J connectivity index is 1.70. The predicted octanol–water partition coefficient (Wildman–Crippen LogP) is 2.68. The van der Waals surface area contributed by atoms with Gasteiger partial charge in [0.25, 0.3) is 5.91 Å². The number of aryl methyl sites for hydroxylation is 1. The van der Waals surface area contributed by atoms with Crippen LogP contribution in [0.15, 0.2) is 30.5 Å². The molecule has 3 heterocycles. The van der Waals surface area contributed by atoms with Crippen molar-refractivity contribution >= 4 is 17.1 Å². The van der Waals surface area contributed by atoms with Gasteiger partial charge in [-0.2, -0.15) is 0 Å². The van der Waals surface area contributed by atoms with Crippen LogP contribution in [-0.2, 0) is 19.5 Å². The van der Waals surface area contributed by atoms with Gasteiger partial charge in [0.15, 0.2) is 5.65 Å². The van der Waals surface area contributed by atoms with Gasteiger partial charge in [-0.15, -0.1) is 0 Å². The van der Waals surface area contributed by atoms with Crippen LogP contribution in [0.5, 0.6) is 5.75 Å². The molecule has 0 saturated heterocycles. The highest BCUT2D eigenvalue weighted by molar-refractivity contribution is 6.04. The number of pyridine rings is 1. The van der Waals surface area contributed by atoms with Crippen molar-refractivity contribution in [2.45, 2.75) is 26.4 Å². The number of carbonyl (C=O) groups excluding carboxylic acids is 1. The number of aromatic amines is 1. The lowest BCUT2D eigenvalue weighted by Gasteiger charge is -2.15. The third kappa shape index (κ3) is 2.22. The van der Waals surface area contributed by atoms with E-state index in [1.165, 1.54) is 0 Å². The third-order valence-electron chi connectivity index (χ3n) is 4.45. The van der Waals surface area contributed by atoms with E-state index >= 15 is 0 Å². The molecular weight excluding hydrogens is 304 g/mol. The molecule has 1 N–H and O–H groups in total. The minimum atomic E-state index is -0.0213. The number of methoxy groups -OCH3 is 1. The number of amides is 1. The van der Waals surface area contributed by atoms with Crippen LogP contribution in [-0.4, -0.2) is 32.9 Å². The largest absolute Gasteiger partial charge is 0.496 e. The molecule has 0 atom stereocenters. The summed E-state index contributed by atoms with van der Waals surface area (Å²) in [5.74, 6) is 1.65. The Bertz CT molecular complexity index is 932. The van der Waals surface area contributed by atoms with Crippen LogP contribution in [0.25, 0.3) is 11.2 Å². The summed E-state index contributed by atoms with van der Waals surface area (Å²) in [6, 6.07) is 7.68. The van der Waals surface area contributed by atoms with Crippen LogP contribution in [0.4, 0.5) is 0 Å². The van der Waals surface area contributed by atoms with Crippen LogP contribution in [0, 0.1) is 0 Å². The van der Waals surface area contributed by atoms with Gasteiger partial charge in [-0.05, 0) is 17.7 Å². The average Bonchev–Trinajstić information content (AvgIpc) is 3.23. The van der Waals surface area contributed by atoms with E-state index in [4.69, 9.17) is 4.74 Å². The molecule has 1 aliphatic heterocycles. The molecule has 6 nitrogen and oxygen atoms in total. The minimum absolute atomic E-state index is 0.0213. The first-order valence-corrected chi connectivity index (χ1v) is 7.99. The second-order valence-corrected chi connectivity index (χ2v) is 5.85. The SMILES string of the molecule is CCc1nc2nccc(C(=O)N3Cc4cccc(OC)c4C3)c2[nH]1. The van der Waals surface area contributed by atoms with E-state index in [2.05, 4.69) is 15.0 Å². The lowest BCUT2D eigenvalue weighted by atomic mass is 10.1. The molecule has 1 aromatic carbocycles. The smallest absolute Gasteiger partial charge is 0.256 e. The van der Waals surface area contributed by atoms with Crippen molar-refractivity contribution in [3.8, 4) is 5.75 Å². The molecular formula is C18H18N4O2. The van der Waals surface area contributed by atoms with Crippen LogP contribution in [0.2, 0.25) is 0 Å². The van der Waals surface area contributed by atoms with Crippen molar-refractivity contribution in [1.29, 1.82) is 0 Å². The molecule has 0 spiro atoms. The number of hydrogen-bond acceptors (Lipinski definition) is 4. The van der Waals surface area contributed by atoms with Crippen molar-refractivity contribution in [2.24, 2.45) is 0 Å². The second kappa shape index (κ2) is 5.63. The molecule has 0 aliphatic carbocycles. The standard InChI is InChI=1S/C18H18N4O2/c1-3-15-20-16-12(7-8-19-17(16)21-15)18(23)22-9-11-5-4-6-14(24-2)13(11)10-22/h4-8H,3,9-10H2,1-2H3,(H,19,20,21). The number of rotatable bonds is 3. The molecule has 6 heteroatoms. The van der Waals surface area contributed by atoms with Crippen molar-refractivity contribution in [3.63, 3.8) is 0 Å². The van der Waals surface area contributed by atoms with E-state index in [9.17, 15) is 4.79 Å². The van der Waals surface area contributed by atoms with Crippen LogP contribution >= 0.6 is 0 Å². The van der Waals surface area contributed by atoms with E-state index < -0.39 is 0 Å².